The van der Waals surface area contributed by atoms with E-state index in [-0.39, 0.29) is 24.2 Å². The van der Waals surface area contributed by atoms with Gasteiger partial charge in [0, 0.05) is 28.6 Å². The fourth-order valence-electron chi connectivity index (χ4n) is 3.87. The monoisotopic (exact) mass is 437 g/mol. The molecule has 1 unspecified atom stereocenters. The Morgan fingerprint density at radius 2 is 2.26 bits per heavy atom. The molecule has 2 aromatic rings. The molecule has 1 aliphatic heterocycles. The number of carbonyl (C=O) groups is 2. The number of fused-ring (bicyclic) bond motifs is 1. The smallest absolute Gasteiger partial charge is 0.409 e. The topological polar surface area (TPSA) is 104 Å². The van der Waals surface area contributed by atoms with E-state index in [1.54, 1.807) is 18.5 Å². The molecule has 0 spiro atoms. The molecule has 31 heavy (non-hydrogen) atoms. The second kappa shape index (κ2) is 9.41. The number of aliphatic hydroxyl groups is 1. The number of likely N-dealkylation sites (tertiary alicyclic amines) is 1. The summed E-state index contributed by atoms with van der Waals surface area (Å²) >= 11 is 1.52. The molecule has 7 nitrogen and oxygen atoms in total. The van der Waals surface area contributed by atoms with Crippen molar-refractivity contribution in [2.24, 2.45) is 5.92 Å². The van der Waals surface area contributed by atoms with Gasteiger partial charge in [0.25, 0.3) is 0 Å². The molecule has 0 aromatic carbocycles. The number of allylic oxidation sites excluding steroid dienone is 1. The Morgan fingerprint density at radius 1 is 1.42 bits per heavy atom. The van der Waals surface area contributed by atoms with Crippen LogP contribution in [0.15, 0.2) is 30.6 Å². The normalized spacial score (nSPS) is 18.3. The Kier molecular flexibility index (Phi) is 6.44. The van der Waals surface area contributed by atoms with Gasteiger partial charge in [-0.15, -0.1) is 11.3 Å². The lowest BCUT2D eigenvalue weighted by Crippen LogP contribution is -2.53. The van der Waals surface area contributed by atoms with Gasteiger partial charge in [0.2, 0.25) is 0 Å². The maximum Gasteiger partial charge on any atom is 0.409 e. The Labute approximate surface area is 184 Å². The number of β-amino-alcohol motifs (C(OH)–C–C–N with tert-alkyl or cyclic N) is 1. The maximum atomic E-state index is 12.4. The lowest BCUT2D eigenvalue weighted by atomic mass is 9.87. The summed E-state index contributed by atoms with van der Waals surface area (Å²) in [6.45, 7) is 0.986. The van der Waals surface area contributed by atoms with Gasteiger partial charge in [-0.05, 0) is 54.5 Å². The molecule has 160 valence electrons. The summed E-state index contributed by atoms with van der Waals surface area (Å²) in [6.07, 6.45) is 8.33. The van der Waals surface area contributed by atoms with E-state index in [0.29, 0.717) is 25.3 Å². The van der Waals surface area contributed by atoms with Crippen LogP contribution >= 0.6 is 11.3 Å². The number of aliphatic hydroxyl groups excluding tert-OH is 1. The summed E-state index contributed by atoms with van der Waals surface area (Å²) in [4.78, 5) is 31.8. The van der Waals surface area contributed by atoms with E-state index in [9.17, 15) is 20.0 Å². The van der Waals surface area contributed by atoms with Crippen molar-refractivity contribution in [2.75, 3.05) is 19.7 Å². The van der Waals surface area contributed by atoms with Crippen molar-refractivity contribution in [2.45, 2.75) is 31.8 Å². The largest absolute Gasteiger partial charge is 0.449 e. The number of nitrogens with zero attached hydrogens (tertiary/aromatic N) is 3. The highest BCUT2D eigenvalue weighted by molar-refractivity contribution is 7.12. The zero-order chi connectivity index (χ0) is 21.8. The third-order valence-electron chi connectivity index (χ3n) is 5.60. The molecule has 2 aromatic heterocycles. The third-order valence-corrected chi connectivity index (χ3v) is 6.85. The fourth-order valence-corrected chi connectivity index (χ4v) is 5.30. The van der Waals surface area contributed by atoms with Gasteiger partial charge in [0.1, 0.15) is 6.07 Å². The first-order valence-electron chi connectivity index (χ1n) is 10.3. The second-order valence-electron chi connectivity index (χ2n) is 7.92. The van der Waals surface area contributed by atoms with Crippen molar-refractivity contribution < 1.29 is 19.4 Å². The van der Waals surface area contributed by atoms with Crippen LogP contribution in [-0.4, -0.2) is 52.7 Å². The van der Waals surface area contributed by atoms with E-state index >= 15 is 0 Å². The van der Waals surface area contributed by atoms with Crippen LogP contribution in [0.2, 0.25) is 0 Å². The number of carbonyl (C=O) groups excluding carboxylic acids is 2. The SMILES string of the molecule is N#Cc1c(CC(=O)/C=C/c2cccnc2)sc2c1CCC(COC(=O)N1CC(O)C1)C2. The van der Waals surface area contributed by atoms with Gasteiger partial charge in [-0.25, -0.2) is 4.79 Å². The van der Waals surface area contributed by atoms with Crippen LogP contribution in [0.5, 0.6) is 0 Å². The van der Waals surface area contributed by atoms with Gasteiger partial charge in [0.05, 0.1) is 31.4 Å². The van der Waals surface area contributed by atoms with Gasteiger partial charge < -0.3 is 14.7 Å². The molecule has 0 bridgehead atoms. The van der Waals surface area contributed by atoms with Crippen LogP contribution in [-0.2, 0) is 28.8 Å². The minimum absolute atomic E-state index is 0.0545. The summed E-state index contributed by atoms with van der Waals surface area (Å²) in [7, 11) is 0. The zero-order valence-electron chi connectivity index (χ0n) is 17.0. The van der Waals surface area contributed by atoms with E-state index in [4.69, 9.17) is 4.74 Å². The van der Waals surface area contributed by atoms with Gasteiger partial charge in [-0.2, -0.15) is 5.26 Å². The van der Waals surface area contributed by atoms with Crippen molar-refractivity contribution in [3.63, 3.8) is 0 Å². The highest BCUT2D eigenvalue weighted by Gasteiger charge is 2.31. The number of ketones is 1. The minimum Gasteiger partial charge on any atom is -0.449 e. The number of amides is 1. The second-order valence-corrected chi connectivity index (χ2v) is 9.11. The number of pyridine rings is 1. The Bertz CT molecular complexity index is 1040. The summed E-state index contributed by atoms with van der Waals surface area (Å²) in [5.41, 5.74) is 2.53. The van der Waals surface area contributed by atoms with Gasteiger partial charge in [-0.1, -0.05) is 6.07 Å². The molecule has 0 radical (unpaired) electrons. The quantitative estimate of drug-likeness (QED) is 0.697. The van der Waals surface area contributed by atoms with Gasteiger partial charge >= 0.3 is 6.09 Å². The zero-order valence-corrected chi connectivity index (χ0v) is 17.8. The van der Waals surface area contributed by atoms with Gasteiger partial charge in [0.15, 0.2) is 5.78 Å². The predicted octanol–water partition coefficient (Wildman–Crippen LogP) is 2.76. The van der Waals surface area contributed by atoms with E-state index in [1.807, 2.05) is 12.1 Å². The number of nitriles is 1. The summed E-state index contributed by atoms with van der Waals surface area (Å²) in [5.74, 6) is 0.142. The Balaban J connectivity index is 1.36. The first-order valence-corrected chi connectivity index (χ1v) is 11.1. The van der Waals surface area contributed by atoms with Crippen molar-refractivity contribution >= 4 is 29.3 Å². The highest BCUT2D eigenvalue weighted by Crippen LogP contribution is 2.36. The van der Waals surface area contributed by atoms with Crippen molar-refractivity contribution in [3.8, 4) is 6.07 Å². The van der Waals surface area contributed by atoms with E-state index in [0.717, 1.165) is 40.1 Å². The molecule has 1 amide bonds. The Hall–Kier alpha value is -3.02. The molecular formula is C23H23N3O4S. The molecule has 1 atom stereocenters. The van der Waals surface area contributed by atoms with Crippen LogP contribution < -0.4 is 0 Å². The molecule has 0 saturated carbocycles. The van der Waals surface area contributed by atoms with Crippen LogP contribution in [0.1, 0.15) is 32.9 Å². The average Bonchev–Trinajstić information content (AvgIpc) is 3.10. The van der Waals surface area contributed by atoms with Gasteiger partial charge in [-0.3, -0.25) is 9.78 Å². The van der Waals surface area contributed by atoms with E-state index in [2.05, 4.69) is 11.1 Å². The van der Waals surface area contributed by atoms with E-state index in [1.165, 1.54) is 22.3 Å². The first-order chi connectivity index (χ1) is 15.0. The molecule has 1 aliphatic carbocycles. The van der Waals surface area contributed by atoms with Crippen molar-refractivity contribution in [1.29, 1.82) is 5.26 Å². The molecule has 2 aliphatic rings. The molecule has 3 heterocycles. The van der Waals surface area contributed by atoms with Crippen LogP contribution in [0.25, 0.3) is 6.08 Å². The number of ether oxygens (including phenoxy) is 1. The van der Waals surface area contributed by atoms with Crippen molar-refractivity contribution in [3.05, 3.63) is 57.0 Å². The molecule has 1 N–H and O–H groups in total. The fraction of sp³-hybridized carbons (Fsp3) is 0.391. The third kappa shape index (κ3) is 5.01. The molecule has 1 fully saturated rings. The first kappa shape index (κ1) is 21.2. The number of hydrogen-bond acceptors (Lipinski definition) is 7. The maximum absolute atomic E-state index is 12.4. The number of aromatic nitrogens is 1. The van der Waals surface area contributed by atoms with Crippen LogP contribution in [0.4, 0.5) is 4.79 Å². The highest BCUT2D eigenvalue weighted by atomic mass is 32.1. The summed E-state index contributed by atoms with van der Waals surface area (Å²) < 4.78 is 5.40. The van der Waals surface area contributed by atoms with Crippen LogP contribution in [0.3, 0.4) is 0 Å². The number of thiophene rings is 1. The molecule has 1 saturated heterocycles. The molecule has 8 heteroatoms. The number of hydrogen-bond donors (Lipinski definition) is 1. The minimum atomic E-state index is -0.444. The predicted molar refractivity (Wildman–Crippen MR) is 115 cm³/mol. The van der Waals surface area contributed by atoms with Crippen LogP contribution in [0, 0.1) is 17.2 Å². The lowest BCUT2D eigenvalue weighted by Gasteiger charge is -2.35. The number of rotatable bonds is 6. The Morgan fingerprint density at radius 3 is 2.97 bits per heavy atom. The van der Waals surface area contributed by atoms with Crippen molar-refractivity contribution in [1.82, 2.24) is 9.88 Å². The standard InChI is InChI=1S/C23H23N3O4S/c24-10-20-19-6-4-16(14-30-23(29)26-12-18(28)13-26)8-21(19)31-22(20)9-17(27)5-3-15-2-1-7-25-11-15/h1-3,5,7,11,16,18,28H,4,6,8-9,12-14H2/b5-3+. The lowest BCUT2D eigenvalue weighted by molar-refractivity contribution is -0.113. The summed E-state index contributed by atoms with van der Waals surface area (Å²) in [5, 5.41) is 19.0. The summed E-state index contributed by atoms with van der Waals surface area (Å²) in [6, 6.07) is 5.98. The van der Waals surface area contributed by atoms with E-state index < -0.39 is 6.10 Å². The molecule has 4 rings (SSSR count). The molecular weight excluding hydrogens is 414 g/mol. The average molecular weight is 438 g/mol.